The van der Waals surface area contributed by atoms with Crippen LogP contribution >= 0.6 is 11.8 Å². The Morgan fingerprint density at radius 3 is 2.71 bits per heavy atom. The monoisotopic (exact) mass is 312 g/mol. The maximum Gasteiger partial charge on any atom is 0.233 e. The van der Waals surface area contributed by atoms with E-state index in [9.17, 15) is 4.79 Å². The number of methoxy groups -OCH3 is 1. The van der Waals surface area contributed by atoms with Gasteiger partial charge in [0.25, 0.3) is 0 Å². The smallest absolute Gasteiger partial charge is 0.233 e. The van der Waals surface area contributed by atoms with E-state index in [0.29, 0.717) is 18.9 Å². The summed E-state index contributed by atoms with van der Waals surface area (Å²) in [5, 5.41) is 8.76. The van der Waals surface area contributed by atoms with Crippen molar-refractivity contribution in [2.24, 2.45) is 0 Å². The minimum absolute atomic E-state index is 0.211. The third-order valence-corrected chi connectivity index (χ3v) is 4.62. The molecule has 0 radical (unpaired) electrons. The molecule has 0 aromatic carbocycles. The van der Waals surface area contributed by atoms with Gasteiger partial charge in [-0.2, -0.15) is 0 Å². The number of rotatable bonds is 6. The van der Waals surface area contributed by atoms with Gasteiger partial charge in [0.15, 0.2) is 5.16 Å². The molecule has 7 heteroatoms. The van der Waals surface area contributed by atoms with Crippen molar-refractivity contribution in [2.45, 2.75) is 43.8 Å². The zero-order valence-corrected chi connectivity index (χ0v) is 13.5. The Balaban J connectivity index is 1.81. The van der Waals surface area contributed by atoms with E-state index in [1.807, 2.05) is 9.47 Å². The van der Waals surface area contributed by atoms with Gasteiger partial charge in [0, 0.05) is 26.7 Å². The van der Waals surface area contributed by atoms with E-state index in [1.165, 1.54) is 31.0 Å². The van der Waals surface area contributed by atoms with Crippen LogP contribution in [0.4, 0.5) is 0 Å². The van der Waals surface area contributed by atoms with Crippen LogP contribution in [0.1, 0.15) is 32.1 Å². The molecule has 0 saturated carbocycles. The summed E-state index contributed by atoms with van der Waals surface area (Å²) in [5.74, 6) is 0.647. The van der Waals surface area contributed by atoms with Gasteiger partial charge in [-0.1, -0.05) is 31.0 Å². The third kappa shape index (κ3) is 5.32. The number of aromatic nitrogens is 3. The minimum atomic E-state index is 0.211. The van der Waals surface area contributed by atoms with E-state index >= 15 is 0 Å². The van der Waals surface area contributed by atoms with Crippen LogP contribution in [-0.2, 0) is 16.1 Å². The van der Waals surface area contributed by atoms with Crippen molar-refractivity contribution in [1.82, 2.24) is 19.7 Å². The van der Waals surface area contributed by atoms with Crippen LogP contribution in [0.25, 0.3) is 0 Å². The Kier molecular flexibility index (Phi) is 7.02. The molecule has 1 aliphatic heterocycles. The molecule has 0 unspecified atom stereocenters. The molecule has 0 N–H and O–H groups in total. The quantitative estimate of drug-likeness (QED) is 0.750. The van der Waals surface area contributed by atoms with Gasteiger partial charge >= 0.3 is 0 Å². The van der Waals surface area contributed by atoms with Gasteiger partial charge in [0.1, 0.15) is 6.33 Å². The lowest BCUT2D eigenvalue weighted by atomic mass is 10.1. The first-order valence-corrected chi connectivity index (χ1v) is 8.57. The zero-order chi connectivity index (χ0) is 14.9. The molecule has 118 valence electrons. The van der Waals surface area contributed by atoms with Crippen molar-refractivity contribution in [3.8, 4) is 0 Å². The predicted molar refractivity (Wildman–Crippen MR) is 82.3 cm³/mol. The second kappa shape index (κ2) is 9.04. The van der Waals surface area contributed by atoms with Crippen LogP contribution in [0, 0.1) is 0 Å². The Morgan fingerprint density at radius 1 is 1.29 bits per heavy atom. The number of amides is 1. The Labute approximate surface area is 130 Å². The van der Waals surface area contributed by atoms with Crippen molar-refractivity contribution in [3.63, 3.8) is 0 Å². The second-order valence-electron chi connectivity index (χ2n) is 5.24. The average molecular weight is 312 g/mol. The van der Waals surface area contributed by atoms with Crippen LogP contribution < -0.4 is 0 Å². The van der Waals surface area contributed by atoms with Crippen LogP contribution in [0.3, 0.4) is 0 Å². The zero-order valence-electron chi connectivity index (χ0n) is 12.7. The molecule has 1 aromatic heterocycles. The number of hydrogen-bond donors (Lipinski definition) is 0. The van der Waals surface area contributed by atoms with Gasteiger partial charge < -0.3 is 14.2 Å². The Morgan fingerprint density at radius 2 is 2.00 bits per heavy atom. The minimum Gasteiger partial charge on any atom is -0.383 e. The number of carbonyl (C=O) groups is 1. The molecule has 0 aliphatic carbocycles. The van der Waals surface area contributed by atoms with Crippen LogP contribution in [0.15, 0.2) is 11.5 Å². The summed E-state index contributed by atoms with van der Waals surface area (Å²) >= 11 is 1.46. The van der Waals surface area contributed by atoms with Gasteiger partial charge in [0.05, 0.1) is 12.4 Å². The second-order valence-corrected chi connectivity index (χ2v) is 6.18. The lowest BCUT2D eigenvalue weighted by Crippen LogP contribution is -2.35. The van der Waals surface area contributed by atoms with Crippen LogP contribution in [0.5, 0.6) is 0 Å². The van der Waals surface area contributed by atoms with Crippen LogP contribution in [-0.4, -0.2) is 58.1 Å². The Hall–Kier alpha value is -1.08. The molecular weight excluding hydrogens is 288 g/mol. The molecule has 1 aliphatic rings. The predicted octanol–water partition coefficient (Wildman–Crippen LogP) is 1.81. The van der Waals surface area contributed by atoms with Gasteiger partial charge in [-0.25, -0.2) is 0 Å². The summed E-state index contributed by atoms with van der Waals surface area (Å²) < 4.78 is 6.98. The first-order valence-electron chi connectivity index (χ1n) is 7.58. The van der Waals surface area contributed by atoms with E-state index in [2.05, 4.69) is 10.2 Å². The highest BCUT2D eigenvalue weighted by atomic mass is 32.2. The lowest BCUT2D eigenvalue weighted by molar-refractivity contribution is -0.128. The van der Waals surface area contributed by atoms with E-state index in [0.717, 1.165) is 31.1 Å². The van der Waals surface area contributed by atoms with E-state index < -0.39 is 0 Å². The molecular formula is C14H24N4O2S. The third-order valence-electron chi connectivity index (χ3n) is 3.65. The normalized spacial score (nSPS) is 16.5. The molecule has 1 amide bonds. The summed E-state index contributed by atoms with van der Waals surface area (Å²) in [4.78, 5) is 14.3. The van der Waals surface area contributed by atoms with Crippen molar-refractivity contribution < 1.29 is 9.53 Å². The first-order chi connectivity index (χ1) is 10.3. The highest BCUT2D eigenvalue weighted by Crippen LogP contribution is 2.17. The molecule has 2 heterocycles. The molecule has 1 saturated heterocycles. The molecule has 21 heavy (non-hydrogen) atoms. The average Bonchev–Trinajstić information content (AvgIpc) is 2.89. The SMILES string of the molecule is COCCn1cnnc1SCC(=O)N1CCCCCCC1. The highest BCUT2D eigenvalue weighted by molar-refractivity contribution is 7.99. The number of hydrogen-bond acceptors (Lipinski definition) is 5. The van der Waals surface area contributed by atoms with Crippen molar-refractivity contribution in [1.29, 1.82) is 0 Å². The fourth-order valence-electron chi connectivity index (χ4n) is 2.41. The first kappa shape index (κ1) is 16.3. The van der Waals surface area contributed by atoms with Crippen LogP contribution in [0.2, 0.25) is 0 Å². The summed E-state index contributed by atoms with van der Waals surface area (Å²) in [6.45, 7) is 3.13. The number of nitrogens with zero attached hydrogens (tertiary/aromatic N) is 4. The maximum absolute atomic E-state index is 12.3. The van der Waals surface area contributed by atoms with Gasteiger partial charge in [-0.05, 0) is 12.8 Å². The lowest BCUT2D eigenvalue weighted by Gasteiger charge is -2.24. The summed E-state index contributed by atoms with van der Waals surface area (Å²) in [5.41, 5.74) is 0. The van der Waals surface area contributed by atoms with Crippen molar-refractivity contribution in [2.75, 3.05) is 32.6 Å². The fourth-order valence-corrected chi connectivity index (χ4v) is 3.26. The number of thioether (sulfide) groups is 1. The topological polar surface area (TPSA) is 60.2 Å². The number of carbonyl (C=O) groups excluding carboxylic acids is 1. The summed E-state index contributed by atoms with van der Waals surface area (Å²) in [7, 11) is 1.67. The highest BCUT2D eigenvalue weighted by Gasteiger charge is 2.16. The number of likely N-dealkylation sites (tertiary alicyclic amines) is 1. The fraction of sp³-hybridized carbons (Fsp3) is 0.786. The summed E-state index contributed by atoms with van der Waals surface area (Å²) in [6.07, 6.45) is 7.71. The van der Waals surface area contributed by atoms with Gasteiger partial charge in [-0.3, -0.25) is 4.79 Å². The van der Waals surface area contributed by atoms with Gasteiger partial charge in [0.2, 0.25) is 5.91 Å². The molecule has 0 spiro atoms. The molecule has 1 fully saturated rings. The molecule has 1 aromatic rings. The van der Waals surface area contributed by atoms with E-state index in [-0.39, 0.29) is 5.91 Å². The van der Waals surface area contributed by atoms with E-state index in [1.54, 1.807) is 13.4 Å². The van der Waals surface area contributed by atoms with E-state index in [4.69, 9.17) is 4.74 Å². The van der Waals surface area contributed by atoms with Gasteiger partial charge in [-0.15, -0.1) is 10.2 Å². The maximum atomic E-state index is 12.3. The standard InChI is InChI=1S/C14H24N4O2S/c1-20-10-9-18-12-15-16-14(18)21-11-13(19)17-7-5-3-2-4-6-8-17/h12H,2-11H2,1H3. The van der Waals surface area contributed by atoms with Crippen molar-refractivity contribution >= 4 is 17.7 Å². The Bertz CT molecular complexity index is 430. The molecule has 2 rings (SSSR count). The number of ether oxygens (including phenoxy) is 1. The molecule has 0 atom stereocenters. The summed E-state index contributed by atoms with van der Waals surface area (Å²) in [6, 6.07) is 0. The largest absolute Gasteiger partial charge is 0.383 e. The van der Waals surface area contributed by atoms with Crippen molar-refractivity contribution in [3.05, 3.63) is 6.33 Å². The molecule has 6 nitrogen and oxygen atoms in total. The molecule has 0 bridgehead atoms.